The highest BCUT2D eigenvalue weighted by Gasteiger charge is 2.27. The monoisotopic (exact) mass is 396 g/mol. The lowest BCUT2D eigenvalue weighted by Crippen LogP contribution is -2.29. The van der Waals surface area contributed by atoms with Gasteiger partial charge in [-0.2, -0.15) is 0 Å². The molecule has 1 aliphatic heterocycles. The van der Waals surface area contributed by atoms with Gasteiger partial charge in [0.2, 0.25) is 0 Å². The number of para-hydroxylation sites is 2. The highest BCUT2D eigenvalue weighted by Crippen LogP contribution is 2.22. The maximum atomic E-state index is 14.6. The van der Waals surface area contributed by atoms with Crippen molar-refractivity contribution >= 4 is 29.2 Å². The van der Waals surface area contributed by atoms with Crippen LogP contribution in [0.15, 0.2) is 36.4 Å². The van der Waals surface area contributed by atoms with Gasteiger partial charge in [0.1, 0.15) is 17.5 Å². The number of benzene rings is 2. The Hall–Kier alpha value is -3.22. The molecule has 2 amide bonds. The van der Waals surface area contributed by atoms with Crippen LogP contribution in [0, 0.1) is 11.6 Å². The molecular weight excluding hydrogens is 374 g/mol. The van der Waals surface area contributed by atoms with Gasteiger partial charge in [0.25, 0.3) is 0 Å². The standard InChI is InChI=1S/C22H22F2N4O/c1-3-28-20-7-5-4-6-19(20)25-21(28)9-8-15-12-17(23)16(18(24)13-15)14-27-11-10-26(2)22(27)29/h4-9,12-13H,3,10-11,14H2,1-2H3/b9-8+. The minimum atomic E-state index is -0.656. The summed E-state index contributed by atoms with van der Waals surface area (Å²) in [6.45, 7) is 3.71. The van der Waals surface area contributed by atoms with Crippen molar-refractivity contribution in [1.29, 1.82) is 0 Å². The van der Waals surface area contributed by atoms with E-state index in [-0.39, 0.29) is 18.1 Å². The molecule has 3 aromatic rings. The van der Waals surface area contributed by atoms with Crippen LogP contribution in [-0.2, 0) is 13.1 Å². The summed E-state index contributed by atoms with van der Waals surface area (Å²) >= 11 is 0. The van der Waals surface area contributed by atoms with Gasteiger partial charge in [-0.25, -0.2) is 18.6 Å². The first-order valence-corrected chi connectivity index (χ1v) is 9.59. The number of urea groups is 1. The quantitative estimate of drug-likeness (QED) is 0.643. The number of fused-ring (bicyclic) bond motifs is 1. The molecule has 0 bridgehead atoms. The Morgan fingerprint density at radius 2 is 1.83 bits per heavy atom. The number of rotatable bonds is 5. The summed E-state index contributed by atoms with van der Waals surface area (Å²) in [5.41, 5.74) is 2.21. The number of amides is 2. The van der Waals surface area contributed by atoms with E-state index in [0.717, 1.165) is 23.4 Å². The molecule has 150 valence electrons. The first-order valence-electron chi connectivity index (χ1n) is 9.59. The fraction of sp³-hybridized carbons (Fsp3) is 0.273. The Morgan fingerprint density at radius 3 is 2.48 bits per heavy atom. The largest absolute Gasteiger partial charge is 0.326 e. The van der Waals surface area contributed by atoms with E-state index in [1.165, 1.54) is 21.9 Å². The van der Waals surface area contributed by atoms with Crippen LogP contribution >= 0.6 is 0 Å². The Kier molecular flexibility index (Phi) is 5.05. The molecule has 0 aliphatic carbocycles. The van der Waals surface area contributed by atoms with Crippen molar-refractivity contribution in [1.82, 2.24) is 19.4 Å². The van der Waals surface area contributed by atoms with Crippen molar-refractivity contribution in [3.05, 3.63) is 65.0 Å². The Labute approximate surface area is 167 Å². The van der Waals surface area contributed by atoms with E-state index in [4.69, 9.17) is 0 Å². The zero-order valence-electron chi connectivity index (χ0n) is 16.4. The molecular formula is C22H22F2N4O. The number of imidazole rings is 1. The molecule has 0 atom stereocenters. The minimum absolute atomic E-state index is 0.0730. The maximum absolute atomic E-state index is 14.6. The molecule has 7 heteroatoms. The number of carbonyl (C=O) groups is 1. The fourth-order valence-corrected chi connectivity index (χ4v) is 3.64. The van der Waals surface area contributed by atoms with Gasteiger partial charge in [0, 0.05) is 32.2 Å². The van der Waals surface area contributed by atoms with E-state index in [2.05, 4.69) is 4.98 Å². The number of carbonyl (C=O) groups excluding carboxylic acids is 1. The third kappa shape index (κ3) is 3.60. The second-order valence-corrected chi connectivity index (χ2v) is 7.13. The van der Waals surface area contributed by atoms with Gasteiger partial charge < -0.3 is 14.4 Å². The van der Waals surface area contributed by atoms with E-state index >= 15 is 0 Å². The van der Waals surface area contributed by atoms with Crippen molar-refractivity contribution in [3.63, 3.8) is 0 Å². The number of nitrogens with zero attached hydrogens (tertiary/aromatic N) is 4. The summed E-state index contributed by atoms with van der Waals surface area (Å²) in [4.78, 5) is 19.5. The molecule has 0 unspecified atom stereocenters. The normalized spacial score (nSPS) is 14.7. The molecule has 0 N–H and O–H groups in total. The van der Waals surface area contributed by atoms with Crippen LogP contribution in [0.3, 0.4) is 0 Å². The van der Waals surface area contributed by atoms with Crippen LogP contribution < -0.4 is 0 Å². The molecule has 2 heterocycles. The average Bonchev–Trinajstić information content (AvgIpc) is 3.23. The molecule has 1 fully saturated rings. The molecule has 1 aromatic heterocycles. The molecule has 0 saturated carbocycles. The number of halogens is 2. The van der Waals surface area contributed by atoms with Gasteiger partial charge in [0.15, 0.2) is 0 Å². The van der Waals surface area contributed by atoms with Gasteiger partial charge >= 0.3 is 6.03 Å². The van der Waals surface area contributed by atoms with Gasteiger partial charge in [-0.3, -0.25) is 0 Å². The van der Waals surface area contributed by atoms with Crippen molar-refractivity contribution < 1.29 is 13.6 Å². The SMILES string of the molecule is CCn1c(/C=C/c2cc(F)c(CN3CCN(C)C3=O)c(F)c2)nc2ccccc21. The molecule has 0 radical (unpaired) electrons. The lowest BCUT2D eigenvalue weighted by molar-refractivity contribution is 0.196. The Bertz CT molecular complexity index is 1080. The molecule has 29 heavy (non-hydrogen) atoms. The summed E-state index contributed by atoms with van der Waals surface area (Å²) in [6.07, 6.45) is 3.41. The van der Waals surface area contributed by atoms with Gasteiger partial charge in [-0.05, 0) is 42.8 Å². The Balaban J connectivity index is 1.60. The Morgan fingerprint density at radius 1 is 1.10 bits per heavy atom. The third-order valence-corrected chi connectivity index (χ3v) is 5.24. The van der Waals surface area contributed by atoms with Gasteiger partial charge in [-0.15, -0.1) is 0 Å². The second-order valence-electron chi connectivity index (χ2n) is 7.13. The zero-order chi connectivity index (χ0) is 20.5. The van der Waals surface area contributed by atoms with Crippen LogP contribution in [0.1, 0.15) is 23.9 Å². The van der Waals surface area contributed by atoms with Crippen molar-refractivity contribution in [3.8, 4) is 0 Å². The number of likely N-dealkylation sites (N-methyl/N-ethyl adjacent to an activating group) is 1. The van der Waals surface area contributed by atoms with Crippen LogP contribution in [0.25, 0.3) is 23.2 Å². The summed E-state index contributed by atoms with van der Waals surface area (Å²) in [5.74, 6) is -0.587. The van der Waals surface area contributed by atoms with Crippen LogP contribution in [0.4, 0.5) is 13.6 Å². The summed E-state index contributed by atoms with van der Waals surface area (Å²) in [6, 6.07) is 10.2. The van der Waals surface area contributed by atoms with E-state index in [0.29, 0.717) is 18.7 Å². The number of hydrogen-bond donors (Lipinski definition) is 0. The van der Waals surface area contributed by atoms with E-state index < -0.39 is 11.6 Å². The number of aromatic nitrogens is 2. The van der Waals surface area contributed by atoms with Gasteiger partial charge in [0.05, 0.1) is 17.6 Å². The maximum Gasteiger partial charge on any atom is 0.320 e. The molecule has 5 nitrogen and oxygen atoms in total. The van der Waals surface area contributed by atoms with E-state index in [9.17, 15) is 13.6 Å². The molecule has 0 spiro atoms. The molecule has 1 saturated heterocycles. The highest BCUT2D eigenvalue weighted by atomic mass is 19.1. The average molecular weight is 396 g/mol. The first kappa shape index (κ1) is 19.1. The lowest BCUT2D eigenvalue weighted by Gasteiger charge is -2.17. The predicted octanol–water partition coefficient (Wildman–Crippen LogP) is 4.37. The van der Waals surface area contributed by atoms with Crippen molar-refractivity contribution in [2.75, 3.05) is 20.1 Å². The van der Waals surface area contributed by atoms with Gasteiger partial charge in [-0.1, -0.05) is 18.2 Å². The topological polar surface area (TPSA) is 41.4 Å². The molecule has 4 rings (SSSR count). The first-order chi connectivity index (χ1) is 14.0. The smallest absolute Gasteiger partial charge is 0.320 e. The van der Waals surface area contributed by atoms with E-state index in [1.54, 1.807) is 19.2 Å². The predicted molar refractivity (Wildman–Crippen MR) is 109 cm³/mol. The minimum Gasteiger partial charge on any atom is -0.326 e. The van der Waals surface area contributed by atoms with Crippen LogP contribution in [-0.4, -0.2) is 45.5 Å². The van der Waals surface area contributed by atoms with E-state index in [1.807, 2.05) is 35.8 Å². The van der Waals surface area contributed by atoms with Crippen molar-refractivity contribution in [2.45, 2.75) is 20.0 Å². The summed E-state index contributed by atoms with van der Waals surface area (Å²) in [7, 11) is 1.67. The summed E-state index contributed by atoms with van der Waals surface area (Å²) in [5, 5.41) is 0. The highest BCUT2D eigenvalue weighted by molar-refractivity contribution is 5.80. The lowest BCUT2D eigenvalue weighted by atomic mass is 10.1. The summed E-state index contributed by atoms with van der Waals surface area (Å²) < 4.78 is 31.2. The molecule has 2 aromatic carbocycles. The van der Waals surface area contributed by atoms with Crippen LogP contribution in [0.2, 0.25) is 0 Å². The third-order valence-electron chi connectivity index (χ3n) is 5.24. The number of aryl methyl sites for hydroxylation is 1. The van der Waals surface area contributed by atoms with Crippen LogP contribution in [0.5, 0.6) is 0 Å². The fourth-order valence-electron chi connectivity index (χ4n) is 3.64. The zero-order valence-corrected chi connectivity index (χ0v) is 16.4. The van der Waals surface area contributed by atoms with Crippen molar-refractivity contribution in [2.24, 2.45) is 0 Å². The second kappa shape index (κ2) is 7.66. The molecule has 1 aliphatic rings. The number of hydrogen-bond acceptors (Lipinski definition) is 2.